The standard InChI is InChI=1S/C10H13FN2/c1-6(2)7-3-4-9(11)8(5-7)10(12)13/h3-6H,1-2H3,(H3,12,13). The lowest BCUT2D eigenvalue weighted by Crippen LogP contribution is -2.13. The predicted molar refractivity (Wildman–Crippen MR) is 51.5 cm³/mol. The van der Waals surface area contributed by atoms with Crippen molar-refractivity contribution in [2.75, 3.05) is 0 Å². The molecule has 0 saturated heterocycles. The summed E-state index contributed by atoms with van der Waals surface area (Å²) in [6, 6.07) is 4.70. The zero-order chi connectivity index (χ0) is 10.0. The monoisotopic (exact) mass is 180 g/mol. The molecule has 70 valence electrons. The van der Waals surface area contributed by atoms with Gasteiger partial charge >= 0.3 is 0 Å². The van der Waals surface area contributed by atoms with E-state index in [0.717, 1.165) is 5.56 Å². The maximum atomic E-state index is 13.1. The number of hydrogen-bond donors (Lipinski definition) is 2. The predicted octanol–water partition coefficient (Wildman–Crippen LogP) is 2.23. The van der Waals surface area contributed by atoms with E-state index >= 15 is 0 Å². The highest BCUT2D eigenvalue weighted by Gasteiger charge is 2.07. The number of nitrogens with one attached hydrogen (secondary N) is 1. The quantitative estimate of drug-likeness (QED) is 0.532. The van der Waals surface area contributed by atoms with E-state index in [9.17, 15) is 4.39 Å². The van der Waals surface area contributed by atoms with Gasteiger partial charge in [0.1, 0.15) is 11.7 Å². The molecule has 13 heavy (non-hydrogen) atoms. The van der Waals surface area contributed by atoms with Crippen LogP contribution in [-0.4, -0.2) is 5.84 Å². The first-order valence-electron chi connectivity index (χ1n) is 4.16. The first-order valence-corrected chi connectivity index (χ1v) is 4.16. The van der Waals surface area contributed by atoms with E-state index in [-0.39, 0.29) is 11.4 Å². The van der Waals surface area contributed by atoms with Gasteiger partial charge in [0.2, 0.25) is 0 Å². The van der Waals surface area contributed by atoms with Crippen LogP contribution in [-0.2, 0) is 0 Å². The van der Waals surface area contributed by atoms with E-state index < -0.39 is 5.82 Å². The normalized spacial score (nSPS) is 10.5. The molecular weight excluding hydrogens is 167 g/mol. The SMILES string of the molecule is CC(C)c1ccc(F)c(C(=N)N)c1. The van der Waals surface area contributed by atoms with Crippen LogP contribution < -0.4 is 5.73 Å². The molecule has 0 aromatic heterocycles. The van der Waals surface area contributed by atoms with Gasteiger partial charge in [-0.1, -0.05) is 19.9 Å². The zero-order valence-electron chi connectivity index (χ0n) is 7.76. The van der Waals surface area contributed by atoms with Crippen molar-refractivity contribution in [3.8, 4) is 0 Å². The van der Waals surface area contributed by atoms with Crippen molar-refractivity contribution < 1.29 is 4.39 Å². The summed E-state index contributed by atoms with van der Waals surface area (Å²) in [7, 11) is 0. The molecule has 0 aliphatic carbocycles. The van der Waals surface area contributed by atoms with E-state index in [1.165, 1.54) is 6.07 Å². The van der Waals surface area contributed by atoms with Crippen LogP contribution >= 0.6 is 0 Å². The number of benzene rings is 1. The van der Waals surface area contributed by atoms with Crippen molar-refractivity contribution in [3.05, 3.63) is 35.1 Å². The summed E-state index contributed by atoms with van der Waals surface area (Å²) in [6.45, 7) is 4.02. The van der Waals surface area contributed by atoms with Crippen LogP contribution in [0.2, 0.25) is 0 Å². The Hall–Kier alpha value is -1.38. The minimum absolute atomic E-state index is 0.186. The Morgan fingerprint density at radius 1 is 1.46 bits per heavy atom. The molecule has 0 aliphatic rings. The Labute approximate surface area is 77.1 Å². The first kappa shape index (κ1) is 9.71. The molecule has 2 nitrogen and oxygen atoms in total. The van der Waals surface area contributed by atoms with E-state index in [2.05, 4.69) is 0 Å². The summed E-state index contributed by atoms with van der Waals surface area (Å²) < 4.78 is 13.1. The van der Waals surface area contributed by atoms with Crippen molar-refractivity contribution in [1.29, 1.82) is 5.41 Å². The molecular formula is C10H13FN2. The van der Waals surface area contributed by atoms with Crippen LogP contribution in [0.4, 0.5) is 4.39 Å². The molecule has 0 radical (unpaired) electrons. The molecule has 0 atom stereocenters. The van der Waals surface area contributed by atoms with Gasteiger partial charge in [0, 0.05) is 0 Å². The van der Waals surface area contributed by atoms with Gasteiger partial charge in [0.05, 0.1) is 5.56 Å². The summed E-state index contributed by atoms with van der Waals surface area (Å²) in [4.78, 5) is 0. The molecule has 0 aliphatic heterocycles. The third kappa shape index (κ3) is 2.05. The van der Waals surface area contributed by atoms with E-state index in [0.29, 0.717) is 5.92 Å². The first-order chi connectivity index (χ1) is 6.02. The molecule has 0 amide bonds. The maximum absolute atomic E-state index is 13.1. The lowest BCUT2D eigenvalue weighted by molar-refractivity contribution is 0.623. The lowest BCUT2D eigenvalue weighted by atomic mass is 10.0. The third-order valence-electron chi connectivity index (χ3n) is 1.95. The van der Waals surface area contributed by atoms with Gasteiger partial charge in [-0.25, -0.2) is 4.39 Å². The highest BCUT2D eigenvalue weighted by atomic mass is 19.1. The second-order valence-corrected chi connectivity index (χ2v) is 3.31. The molecule has 0 heterocycles. The van der Waals surface area contributed by atoms with Crippen LogP contribution in [0.1, 0.15) is 30.9 Å². The number of rotatable bonds is 2. The van der Waals surface area contributed by atoms with E-state index in [1.807, 2.05) is 13.8 Å². The number of nitrogens with two attached hydrogens (primary N) is 1. The second-order valence-electron chi connectivity index (χ2n) is 3.31. The summed E-state index contributed by atoms with van der Waals surface area (Å²) in [6.07, 6.45) is 0. The van der Waals surface area contributed by atoms with Crippen LogP contribution in [0.15, 0.2) is 18.2 Å². The average Bonchev–Trinajstić information content (AvgIpc) is 2.04. The molecule has 0 saturated carbocycles. The maximum Gasteiger partial charge on any atom is 0.134 e. The fourth-order valence-electron chi connectivity index (χ4n) is 1.11. The van der Waals surface area contributed by atoms with Gasteiger partial charge in [-0.3, -0.25) is 5.41 Å². The molecule has 1 aromatic carbocycles. The third-order valence-corrected chi connectivity index (χ3v) is 1.95. The van der Waals surface area contributed by atoms with Crippen LogP contribution in [0, 0.1) is 11.2 Å². The smallest absolute Gasteiger partial charge is 0.134 e. The van der Waals surface area contributed by atoms with Crippen molar-refractivity contribution >= 4 is 5.84 Å². The summed E-state index contributed by atoms with van der Waals surface area (Å²) in [5.74, 6) is -0.337. The Morgan fingerprint density at radius 2 is 2.08 bits per heavy atom. The Bertz CT molecular complexity index is 332. The summed E-state index contributed by atoms with van der Waals surface area (Å²) >= 11 is 0. The van der Waals surface area contributed by atoms with Crippen LogP contribution in [0.25, 0.3) is 0 Å². The molecule has 0 fully saturated rings. The highest BCUT2D eigenvalue weighted by Crippen LogP contribution is 2.17. The van der Waals surface area contributed by atoms with Crippen molar-refractivity contribution in [1.82, 2.24) is 0 Å². The average molecular weight is 180 g/mol. The number of halogens is 1. The minimum Gasteiger partial charge on any atom is -0.384 e. The lowest BCUT2D eigenvalue weighted by Gasteiger charge is -2.07. The van der Waals surface area contributed by atoms with Gasteiger partial charge in [0.25, 0.3) is 0 Å². The molecule has 1 aromatic rings. The van der Waals surface area contributed by atoms with Crippen molar-refractivity contribution in [2.45, 2.75) is 19.8 Å². The fraction of sp³-hybridized carbons (Fsp3) is 0.300. The molecule has 1 rings (SSSR count). The van der Waals surface area contributed by atoms with E-state index in [1.54, 1.807) is 12.1 Å². The Balaban J connectivity index is 3.19. The van der Waals surface area contributed by atoms with Crippen molar-refractivity contribution in [2.24, 2.45) is 5.73 Å². The summed E-state index contributed by atoms with van der Waals surface area (Å²) in [5.41, 5.74) is 6.41. The van der Waals surface area contributed by atoms with E-state index in [4.69, 9.17) is 11.1 Å². The van der Waals surface area contributed by atoms with Crippen LogP contribution in [0.3, 0.4) is 0 Å². The Kier molecular flexibility index (Phi) is 2.66. The number of nitrogen functional groups attached to an aromatic ring is 1. The number of amidine groups is 1. The molecule has 0 unspecified atom stereocenters. The van der Waals surface area contributed by atoms with Gasteiger partial charge in [-0.15, -0.1) is 0 Å². The highest BCUT2D eigenvalue weighted by molar-refractivity contribution is 5.95. The van der Waals surface area contributed by atoms with Crippen LogP contribution in [0.5, 0.6) is 0 Å². The molecule has 3 N–H and O–H groups in total. The minimum atomic E-state index is -0.433. The zero-order valence-corrected chi connectivity index (χ0v) is 7.76. The van der Waals surface area contributed by atoms with Gasteiger partial charge in [0.15, 0.2) is 0 Å². The molecule has 3 heteroatoms. The number of hydrogen-bond acceptors (Lipinski definition) is 1. The van der Waals surface area contributed by atoms with Gasteiger partial charge in [-0.2, -0.15) is 0 Å². The fourth-order valence-corrected chi connectivity index (χ4v) is 1.11. The van der Waals surface area contributed by atoms with Crippen molar-refractivity contribution in [3.63, 3.8) is 0 Å². The van der Waals surface area contributed by atoms with Gasteiger partial charge in [-0.05, 0) is 23.6 Å². The second kappa shape index (κ2) is 3.56. The topological polar surface area (TPSA) is 49.9 Å². The Morgan fingerprint density at radius 3 is 2.54 bits per heavy atom. The summed E-state index contributed by atoms with van der Waals surface area (Å²) in [5, 5.41) is 7.15. The molecule has 0 spiro atoms. The van der Waals surface area contributed by atoms with Gasteiger partial charge < -0.3 is 5.73 Å². The molecule has 0 bridgehead atoms. The largest absolute Gasteiger partial charge is 0.384 e.